The number of likely N-dealkylation sites (tertiary alicyclic amines) is 1. The fourth-order valence-electron chi connectivity index (χ4n) is 3.18. The molecule has 0 unspecified atom stereocenters. The average molecular weight is 368 g/mol. The van der Waals surface area contributed by atoms with E-state index in [0.717, 1.165) is 29.9 Å². The number of rotatable bonds is 5. The van der Waals surface area contributed by atoms with Crippen molar-refractivity contribution < 1.29 is 9.59 Å². The van der Waals surface area contributed by atoms with E-state index in [0.29, 0.717) is 18.9 Å². The van der Waals surface area contributed by atoms with Gasteiger partial charge < -0.3 is 15.5 Å². The first-order chi connectivity index (χ1) is 13.1. The van der Waals surface area contributed by atoms with Gasteiger partial charge in [0.1, 0.15) is 5.82 Å². The monoisotopic (exact) mass is 368 g/mol. The van der Waals surface area contributed by atoms with Crippen molar-refractivity contribution in [2.24, 2.45) is 0 Å². The molecule has 1 aliphatic heterocycles. The number of carbonyl (C=O) groups is 2. The Morgan fingerprint density at radius 1 is 1.33 bits per heavy atom. The minimum atomic E-state index is -0.201. The topological polar surface area (TPSA) is 100 Å². The van der Waals surface area contributed by atoms with E-state index >= 15 is 0 Å². The third-order valence-corrected chi connectivity index (χ3v) is 4.60. The van der Waals surface area contributed by atoms with E-state index in [4.69, 9.17) is 4.98 Å². The molecule has 0 aliphatic carbocycles. The number of carbonyl (C=O) groups excluding carboxylic acids is 2. The Kier molecular flexibility index (Phi) is 5.95. The Labute approximate surface area is 158 Å². The van der Waals surface area contributed by atoms with Crippen LogP contribution in [-0.2, 0) is 9.59 Å². The lowest BCUT2D eigenvalue weighted by Gasteiger charge is -2.32. The van der Waals surface area contributed by atoms with Gasteiger partial charge in [-0.15, -0.1) is 0 Å². The molecule has 1 aliphatic rings. The Morgan fingerprint density at radius 3 is 2.89 bits per heavy atom. The summed E-state index contributed by atoms with van der Waals surface area (Å²) in [5.41, 5.74) is 1.76. The van der Waals surface area contributed by atoms with Crippen molar-refractivity contribution >= 4 is 17.6 Å². The molecule has 1 fully saturated rings. The highest BCUT2D eigenvalue weighted by atomic mass is 16.2. The fraction of sp³-hybridized carbons (Fsp3) is 0.421. The second-order valence-corrected chi connectivity index (χ2v) is 6.58. The summed E-state index contributed by atoms with van der Waals surface area (Å²) in [4.78, 5) is 38.6. The van der Waals surface area contributed by atoms with Crippen molar-refractivity contribution in [3.8, 4) is 11.4 Å². The van der Waals surface area contributed by atoms with Gasteiger partial charge in [-0.1, -0.05) is 0 Å². The summed E-state index contributed by atoms with van der Waals surface area (Å²) in [6.07, 6.45) is 5.31. The lowest BCUT2D eigenvalue weighted by atomic mass is 9.94. The molecule has 2 aromatic rings. The molecule has 0 saturated carbocycles. The van der Waals surface area contributed by atoms with Gasteiger partial charge >= 0.3 is 0 Å². The van der Waals surface area contributed by atoms with Crippen molar-refractivity contribution in [1.82, 2.24) is 25.2 Å². The van der Waals surface area contributed by atoms with Crippen molar-refractivity contribution in [3.63, 3.8) is 0 Å². The number of nitrogens with one attached hydrogen (secondary N) is 2. The molecule has 3 rings (SSSR count). The summed E-state index contributed by atoms with van der Waals surface area (Å²) >= 11 is 0. The van der Waals surface area contributed by atoms with Crippen molar-refractivity contribution in [3.05, 3.63) is 36.3 Å². The third kappa shape index (κ3) is 4.78. The number of aromatic nitrogens is 3. The van der Waals surface area contributed by atoms with Gasteiger partial charge in [0.15, 0.2) is 5.82 Å². The summed E-state index contributed by atoms with van der Waals surface area (Å²) < 4.78 is 0. The molecule has 27 heavy (non-hydrogen) atoms. The summed E-state index contributed by atoms with van der Waals surface area (Å²) in [6.45, 7) is 2.74. The summed E-state index contributed by atoms with van der Waals surface area (Å²) in [7, 11) is 1.82. The van der Waals surface area contributed by atoms with E-state index in [1.54, 1.807) is 17.3 Å². The standard InChI is InChI=1S/C19H24N6O2/c1-13(26)22-11-18(27)25-8-4-6-15(12-25)16-9-17(20-2)24-19(23-16)14-5-3-7-21-10-14/h3,5,7,9-10,15H,4,6,8,11-12H2,1-2H3,(H,22,26)(H,20,23,24)/t15-/m0/s1. The maximum atomic E-state index is 12.3. The van der Waals surface area contributed by atoms with Crippen LogP contribution in [0.3, 0.4) is 0 Å². The Balaban J connectivity index is 1.80. The smallest absolute Gasteiger partial charge is 0.241 e. The quantitative estimate of drug-likeness (QED) is 0.828. The van der Waals surface area contributed by atoms with Gasteiger partial charge in [-0.05, 0) is 25.0 Å². The molecule has 0 bridgehead atoms. The van der Waals surface area contributed by atoms with E-state index in [2.05, 4.69) is 20.6 Å². The predicted molar refractivity (Wildman–Crippen MR) is 102 cm³/mol. The summed E-state index contributed by atoms with van der Waals surface area (Å²) in [5.74, 6) is 1.22. The van der Waals surface area contributed by atoms with Gasteiger partial charge in [-0.2, -0.15) is 0 Å². The molecule has 8 heteroatoms. The first kappa shape index (κ1) is 18.8. The van der Waals surface area contributed by atoms with E-state index in [-0.39, 0.29) is 24.3 Å². The molecule has 3 heterocycles. The number of hydrogen-bond donors (Lipinski definition) is 2. The van der Waals surface area contributed by atoms with Crippen molar-refractivity contribution in [2.75, 3.05) is 32.0 Å². The maximum Gasteiger partial charge on any atom is 0.241 e. The minimum Gasteiger partial charge on any atom is -0.373 e. The van der Waals surface area contributed by atoms with E-state index in [9.17, 15) is 9.59 Å². The van der Waals surface area contributed by atoms with Crippen LogP contribution >= 0.6 is 0 Å². The van der Waals surface area contributed by atoms with Gasteiger partial charge in [0, 0.05) is 57.0 Å². The summed E-state index contributed by atoms with van der Waals surface area (Å²) in [6, 6.07) is 5.72. The zero-order chi connectivity index (χ0) is 19.2. The molecule has 1 saturated heterocycles. The van der Waals surface area contributed by atoms with Crippen LogP contribution in [0, 0.1) is 0 Å². The number of amides is 2. The second kappa shape index (κ2) is 8.57. The van der Waals surface area contributed by atoms with Crippen LogP contribution in [-0.4, -0.2) is 58.3 Å². The van der Waals surface area contributed by atoms with Gasteiger partial charge in [0.2, 0.25) is 11.8 Å². The normalized spacial score (nSPS) is 16.7. The number of anilines is 1. The Hall–Kier alpha value is -3.03. The average Bonchev–Trinajstić information content (AvgIpc) is 2.72. The number of piperidine rings is 1. The minimum absolute atomic E-state index is 0.0362. The lowest BCUT2D eigenvalue weighted by molar-refractivity contribution is -0.133. The molecular weight excluding hydrogens is 344 g/mol. The summed E-state index contributed by atoms with van der Waals surface area (Å²) in [5, 5.41) is 5.66. The molecular formula is C19H24N6O2. The van der Waals surface area contributed by atoms with Crippen LogP contribution in [0.15, 0.2) is 30.6 Å². The molecule has 0 radical (unpaired) electrons. The zero-order valence-corrected chi connectivity index (χ0v) is 15.6. The van der Waals surface area contributed by atoms with Crippen LogP contribution < -0.4 is 10.6 Å². The van der Waals surface area contributed by atoms with E-state index in [1.807, 2.05) is 25.2 Å². The van der Waals surface area contributed by atoms with E-state index in [1.165, 1.54) is 6.92 Å². The Bertz CT molecular complexity index is 811. The van der Waals surface area contributed by atoms with Crippen LogP contribution in [0.4, 0.5) is 5.82 Å². The van der Waals surface area contributed by atoms with Crippen LogP contribution in [0.25, 0.3) is 11.4 Å². The maximum absolute atomic E-state index is 12.3. The van der Waals surface area contributed by atoms with Gasteiger partial charge in [-0.3, -0.25) is 14.6 Å². The highest BCUT2D eigenvalue weighted by Gasteiger charge is 2.26. The lowest BCUT2D eigenvalue weighted by Crippen LogP contribution is -2.44. The van der Waals surface area contributed by atoms with Gasteiger partial charge in [0.25, 0.3) is 0 Å². The third-order valence-electron chi connectivity index (χ3n) is 4.60. The van der Waals surface area contributed by atoms with Crippen molar-refractivity contribution in [2.45, 2.75) is 25.7 Å². The zero-order valence-electron chi connectivity index (χ0n) is 15.6. The van der Waals surface area contributed by atoms with Gasteiger partial charge in [-0.25, -0.2) is 9.97 Å². The van der Waals surface area contributed by atoms with Crippen LogP contribution in [0.1, 0.15) is 31.4 Å². The van der Waals surface area contributed by atoms with Gasteiger partial charge in [0.05, 0.1) is 12.2 Å². The number of pyridine rings is 1. The number of hydrogen-bond acceptors (Lipinski definition) is 6. The molecule has 142 valence electrons. The molecule has 2 aromatic heterocycles. The SMILES string of the molecule is CNc1cc([C@H]2CCCN(C(=O)CNC(C)=O)C2)nc(-c2cccnc2)n1. The van der Waals surface area contributed by atoms with Crippen LogP contribution in [0.5, 0.6) is 0 Å². The van der Waals surface area contributed by atoms with Crippen molar-refractivity contribution in [1.29, 1.82) is 0 Å². The molecule has 0 spiro atoms. The second-order valence-electron chi connectivity index (χ2n) is 6.58. The molecule has 0 aromatic carbocycles. The Morgan fingerprint density at radius 2 is 2.19 bits per heavy atom. The first-order valence-corrected chi connectivity index (χ1v) is 9.06. The molecule has 1 atom stereocenters. The molecule has 8 nitrogen and oxygen atoms in total. The highest BCUT2D eigenvalue weighted by molar-refractivity contribution is 5.83. The highest BCUT2D eigenvalue weighted by Crippen LogP contribution is 2.28. The predicted octanol–water partition coefficient (Wildman–Crippen LogP) is 1.42. The van der Waals surface area contributed by atoms with Crippen LogP contribution in [0.2, 0.25) is 0 Å². The molecule has 2 N–H and O–H groups in total. The number of nitrogens with zero attached hydrogens (tertiary/aromatic N) is 4. The largest absolute Gasteiger partial charge is 0.373 e. The fourth-order valence-corrected chi connectivity index (χ4v) is 3.18. The first-order valence-electron chi connectivity index (χ1n) is 9.06. The van der Waals surface area contributed by atoms with E-state index < -0.39 is 0 Å². The molecule has 2 amide bonds.